The molecule has 0 bridgehead atoms. The lowest BCUT2D eigenvalue weighted by atomic mass is 10.2. The summed E-state index contributed by atoms with van der Waals surface area (Å²) in [5.74, 6) is 0.867. The second kappa shape index (κ2) is 6.88. The third kappa shape index (κ3) is 3.93. The van der Waals surface area contributed by atoms with Crippen LogP contribution in [-0.2, 0) is 4.79 Å². The molecule has 1 atom stereocenters. The first-order chi connectivity index (χ1) is 10.6. The lowest BCUT2D eigenvalue weighted by Crippen LogP contribution is -2.50. The summed E-state index contributed by atoms with van der Waals surface area (Å²) in [6.45, 7) is 6.25. The fourth-order valence-corrected chi connectivity index (χ4v) is 3.33. The average Bonchev–Trinajstić information content (AvgIpc) is 3.33. The number of halogens is 1. The van der Waals surface area contributed by atoms with Crippen LogP contribution >= 0.6 is 11.6 Å². The normalized spacial score (nSPS) is 20.7. The van der Waals surface area contributed by atoms with E-state index in [4.69, 9.17) is 11.6 Å². The first kappa shape index (κ1) is 15.6. The molecule has 0 unspecified atom stereocenters. The van der Waals surface area contributed by atoms with Gasteiger partial charge in [-0.1, -0.05) is 23.7 Å². The van der Waals surface area contributed by atoms with Crippen molar-refractivity contribution in [3.8, 4) is 0 Å². The smallest absolute Gasteiger partial charge is 0.234 e. The average molecular weight is 322 g/mol. The van der Waals surface area contributed by atoms with Gasteiger partial charge in [0.15, 0.2) is 0 Å². The zero-order valence-corrected chi connectivity index (χ0v) is 13.9. The number of para-hydroxylation sites is 1. The molecule has 1 amide bonds. The van der Waals surface area contributed by atoms with Gasteiger partial charge in [0.1, 0.15) is 0 Å². The fourth-order valence-electron chi connectivity index (χ4n) is 3.07. The molecule has 2 fully saturated rings. The van der Waals surface area contributed by atoms with Crippen molar-refractivity contribution in [3.05, 3.63) is 29.3 Å². The van der Waals surface area contributed by atoms with Gasteiger partial charge in [0.05, 0.1) is 17.3 Å². The van der Waals surface area contributed by atoms with E-state index < -0.39 is 0 Å². The van der Waals surface area contributed by atoms with Gasteiger partial charge < -0.3 is 10.2 Å². The van der Waals surface area contributed by atoms with E-state index in [1.54, 1.807) is 0 Å². The molecule has 1 N–H and O–H groups in total. The third-order valence-corrected chi connectivity index (χ3v) is 4.97. The Morgan fingerprint density at radius 2 is 1.95 bits per heavy atom. The van der Waals surface area contributed by atoms with Gasteiger partial charge in [-0.25, -0.2) is 0 Å². The largest absolute Gasteiger partial charge is 0.368 e. The molecule has 2 aliphatic rings. The summed E-state index contributed by atoms with van der Waals surface area (Å²) in [6.07, 6.45) is 2.52. The van der Waals surface area contributed by atoms with E-state index in [-0.39, 0.29) is 5.91 Å². The van der Waals surface area contributed by atoms with Gasteiger partial charge >= 0.3 is 0 Å². The van der Waals surface area contributed by atoms with Crippen LogP contribution in [0.5, 0.6) is 0 Å². The summed E-state index contributed by atoms with van der Waals surface area (Å²) in [4.78, 5) is 16.6. The molecule has 1 aromatic rings. The van der Waals surface area contributed by atoms with E-state index in [1.165, 1.54) is 12.8 Å². The second-order valence-corrected chi connectivity index (χ2v) is 6.82. The standard InChI is InChI=1S/C17H24ClN3O/c1-13(14-6-7-14)19-17(22)12-20-8-10-21(11-9-20)16-5-3-2-4-15(16)18/h2-5,13-14H,6-12H2,1H3,(H,19,22)/t13-/m0/s1. The monoisotopic (exact) mass is 321 g/mol. The van der Waals surface area contributed by atoms with Gasteiger partial charge in [0.25, 0.3) is 0 Å². The molecule has 1 saturated heterocycles. The number of hydrogen-bond donors (Lipinski definition) is 1. The van der Waals surface area contributed by atoms with Crippen molar-refractivity contribution in [3.63, 3.8) is 0 Å². The maximum absolute atomic E-state index is 12.1. The number of nitrogens with zero attached hydrogens (tertiary/aromatic N) is 2. The molecular formula is C17H24ClN3O. The summed E-state index contributed by atoms with van der Waals surface area (Å²) in [7, 11) is 0. The van der Waals surface area contributed by atoms with Crippen molar-refractivity contribution in [1.82, 2.24) is 10.2 Å². The van der Waals surface area contributed by atoms with Crippen LogP contribution in [0.15, 0.2) is 24.3 Å². The fraction of sp³-hybridized carbons (Fsp3) is 0.588. The summed E-state index contributed by atoms with van der Waals surface area (Å²) in [6, 6.07) is 8.28. The van der Waals surface area contributed by atoms with E-state index in [9.17, 15) is 4.79 Å². The summed E-state index contributed by atoms with van der Waals surface area (Å²) >= 11 is 6.25. The first-order valence-electron chi connectivity index (χ1n) is 8.14. The highest BCUT2D eigenvalue weighted by Crippen LogP contribution is 2.32. The molecule has 1 aliphatic heterocycles. The molecule has 22 heavy (non-hydrogen) atoms. The number of amides is 1. The van der Waals surface area contributed by atoms with Crippen LogP contribution in [0.3, 0.4) is 0 Å². The number of benzene rings is 1. The molecule has 4 nitrogen and oxygen atoms in total. The van der Waals surface area contributed by atoms with Gasteiger partial charge in [-0.15, -0.1) is 0 Å². The van der Waals surface area contributed by atoms with Crippen molar-refractivity contribution >= 4 is 23.2 Å². The number of hydrogen-bond acceptors (Lipinski definition) is 3. The molecule has 0 spiro atoms. The third-order valence-electron chi connectivity index (χ3n) is 4.65. The van der Waals surface area contributed by atoms with E-state index in [0.29, 0.717) is 18.5 Å². The maximum Gasteiger partial charge on any atom is 0.234 e. The van der Waals surface area contributed by atoms with Crippen LogP contribution in [0.25, 0.3) is 0 Å². The number of rotatable bonds is 5. The number of carbonyl (C=O) groups is 1. The van der Waals surface area contributed by atoms with Crippen LogP contribution in [0, 0.1) is 5.92 Å². The lowest BCUT2D eigenvalue weighted by molar-refractivity contribution is -0.123. The van der Waals surface area contributed by atoms with Gasteiger partial charge in [0.2, 0.25) is 5.91 Å². The summed E-state index contributed by atoms with van der Waals surface area (Å²) in [5.41, 5.74) is 1.09. The Hall–Kier alpha value is -1.26. The number of anilines is 1. The number of nitrogens with one attached hydrogen (secondary N) is 1. The molecule has 5 heteroatoms. The zero-order chi connectivity index (χ0) is 15.5. The van der Waals surface area contributed by atoms with Gasteiger partial charge in [-0.05, 0) is 37.8 Å². The first-order valence-corrected chi connectivity index (χ1v) is 8.52. The van der Waals surface area contributed by atoms with Gasteiger partial charge in [0, 0.05) is 32.2 Å². The molecule has 0 radical (unpaired) electrons. The van der Waals surface area contributed by atoms with Gasteiger partial charge in [-0.2, -0.15) is 0 Å². The Morgan fingerprint density at radius 3 is 2.59 bits per heavy atom. The summed E-state index contributed by atoms with van der Waals surface area (Å²) < 4.78 is 0. The zero-order valence-electron chi connectivity index (χ0n) is 13.1. The highest BCUT2D eigenvalue weighted by Gasteiger charge is 2.29. The van der Waals surface area contributed by atoms with Crippen LogP contribution in [0.1, 0.15) is 19.8 Å². The van der Waals surface area contributed by atoms with Crippen LogP contribution in [0.4, 0.5) is 5.69 Å². The molecule has 1 saturated carbocycles. The topological polar surface area (TPSA) is 35.6 Å². The predicted molar refractivity (Wildman–Crippen MR) is 90.4 cm³/mol. The van der Waals surface area contributed by atoms with Crippen LogP contribution < -0.4 is 10.2 Å². The Balaban J connectivity index is 1.45. The molecule has 0 aromatic heterocycles. The highest BCUT2D eigenvalue weighted by atomic mass is 35.5. The van der Waals surface area contributed by atoms with E-state index in [1.807, 2.05) is 18.2 Å². The number of carbonyl (C=O) groups excluding carboxylic acids is 1. The second-order valence-electron chi connectivity index (χ2n) is 6.41. The van der Waals surface area contributed by atoms with Gasteiger partial charge in [-0.3, -0.25) is 9.69 Å². The van der Waals surface area contributed by atoms with E-state index in [2.05, 4.69) is 28.1 Å². The van der Waals surface area contributed by atoms with Crippen molar-refractivity contribution in [2.45, 2.75) is 25.8 Å². The molecule has 1 aliphatic carbocycles. The Morgan fingerprint density at radius 1 is 1.27 bits per heavy atom. The quantitative estimate of drug-likeness (QED) is 0.904. The number of piperazine rings is 1. The minimum atomic E-state index is 0.158. The molecule has 1 aromatic carbocycles. The summed E-state index contributed by atoms with van der Waals surface area (Å²) in [5, 5.41) is 3.92. The molecule has 3 rings (SSSR count). The minimum Gasteiger partial charge on any atom is -0.368 e. The van der Waals surface area contributed by atoms with Crippen molar-refractivity contribution < 1.29 is 4.79 Å². The molecule has 120 valence electrons. The molecule has 1 heterocycles. The van der Waals surface area contributed by atoms with Crippen molar-refractivity contribution in [1.29, 1.82) is 0 Å². The Bertz CT molecular complexity index is 524. The van der Waals surface area contributed by atoms with Crippen molar-refractivity contribution in [2.75, 3.05) is 37.6 Å². The van der Waals surface area contributed by atoms with E-state index in [0.717, 1.165) is 36.9 Å². The van der Waals surface area contributed by atoms with E-state index >= 15 is 0 Å². The van der Waals surface area contributed by atoms with Crippen molar-refractivity contribution in [2.24, 2.45) is 5.92 Å². The SMILES string of the molecule is C[C@H](NC(=O)CN1CCN(c2ccccc2Cl)CC1)C1CC1. The van der Waals surface area contributed by atoms with Crippen LogP contribution in [-0.4, -0.2) is 49.6 Å². The Labute approximate surface area is 137 Å². The lowest BCUT2D eigenvalue weighted by Gasteiger charge is -2.36. The predicted octanol–water partition coefficient (Wildman–Crippen LogP) is 2.38. The highest BCUT2D eigenvalue weighted by molar-refractivity contribution is 6.33. The van der Waals surface area contributed by atoms with Crippen LogP contribution in [0.2, 0.25) is 5.02 Å². The maximum atomic E-state index is 12.1. The minimum absolute atomic E-state index is 0.158. The Kier molecular flexibility index (Phi) is 4.89. The molecular weight excluding hydrogens is 298 g/mol.